The van der Waals surface area contributed by atoms with Crippen molar-refractivity contribution in [1.29, 1.82) is 5.26 Å². The van der Waals surface area contributed by atoms with Gasteiger partial charge in [0, 0.05) is 11.6 Å². The molecule has 0 aliphatic heterocycles. The van der Waals surface area contributed by atoms with Crippen molar-refractivity contribution in [3.8, 4) is 11.8 Å². The summed E-state index contributed by atoms with van der Waals surface area (Å²) in [6.07, 6.45) is 1.14. The first-order chi connectivity index (χ1) is 15.5. The Bertz CT molecular complexity index is 1190. The summed E-state index contributed by atoms with van der Waals surface area (Å²) in [7, 11) is 1.34. The maximum Gasteiger partial charge on any atom is 0.254 e. The molecule has 33 heavy (non-hydrogen) atoms. The summed E-state index contributed by atoms with van der Waals surface area (Å²) < 4.78 is 18.2. The van der Waals surface area contributed by atoms with Gasteiger partial charge in [0.2, 0.25) is 5.91 Å². The molecule has 0 bridgehead atoms. The van der Waals surface area contributed by atoms with Crippen LogP contribution in [0.4, 0.5) is 10.1 Å². The van der Waals surface area contributed by atoms with E-state index in [0.29, 0.717) is 28.6 Å². The third-order valence-corrected chi connectivity index (χ3v) is 7.57. The molecule has 2 atom stereocenters. The van der Waals surface area contributed by atoms with Gasteiger partial charge in [0.25, 0.3) is 5.91 Å². The van der Waals surface area contributed by atoms with Crippen molar-refractivity contribution in [1.82, 2.24) is 5.32 Å². The van der Waals surface area contributed by atoms with Gasteiger partial charge in [0.15, 0.2) is 11.6 Å². The first-order valence-electron chi connectivity index (χ1n) is 9.78. The minimum Gasteiger partial charge on any atom is -0.492 e. The lowest BCUT2D eigenvalue weighted by Gasteiger charge is -2.12. The number of amides is 2. The van der Waals surface area contributed by atoms with Gasteiger partial charge in [-0.15, -0.1) is 23.2 Å². The zero-order valence-electron chi connectivity index (χ0n) is 17.0. The van der Waals surface area contributed by atoms with Gasteiger partial charge < -0.3 is 15.4 Å². The van der Waals surface area contributed by atoms with Gasteiger partial charge >= 0.3 is 0 Å². The van der Waals surface area contributed by atoms with Crippen LogP contribution in [0.3, 0.4) is 0 Å². The summed E-state index contributed by atoms with van der Waals surface area (Å²) in [5, 5.41) is 14.7. The summed E-state index contributed by atoms with van der Waals surface area (Å²) in [6, 6.07) is 9.31. The number of alkyl halides is 2. The van der Waals surface area contributed by atoms with Crippen molar-refractivity contribution in [2.75, 3.05) is 12.4 Å². The highest BCUT2D eigenvalue weighted by molar-refractivity contribution is 9.10. The smallest absolute Gasteiger partial charge is 0.254 e. The highest BCUT2D eigenvalue weighted by Gasteiger charge is 2.67. The number of methoxy groups -OCH3 is 1. The van der Waals surface area contributed by atoms with Gasteiger partial charge in [0.1, 0.15) is 9.87 Å². The van der Waals surface area contributed by atoms with Crippen LogP contribution >= 0.6 is 50.7 Å². The molecule has 4 rings (SSSR count). The number of nitrogens with zero attached hydrogens (tertiary/aromatic N) is 1. The maximum absolute atomic E-state index is 14.3. The third kappa shape index (κ3) is 4.52. The molecule has 0 unspecified atom stereocenters. The van der Waals surface area contributed by atoms with E-state index in [2.05, 4.69) is 32.6 Å². The average molecular weight is 576 g/mol. The van der Waals surface area contributed by atoms with Crippen LogP contribution in [0.2, 0.25) is 5.02 Å². The van der Waals surface area contributed by atoms with E-state index >= 15 is 0 Å². The third-order valence-electron chi connectivity index (χ3n) is 5.72. The zero-order chi connectivity index (χ0) is 24.1. The second-order valence-corrected chi connectivity index (χ2v) is 10.7. The molecule has 2 aliphatic rings. The molecule has 2 saturated carbocycles. The lowest BCUT2D eigenvalue weighted by Crippen LogP contribution is -2.35. The Morgan fingerprint density at radius 1 is 1.27 bits per heavy atom. The van der Waals surface area contributed by atoms with Crippen LogP contribution in [-0.4, -0.2) is 28.8 Å². The monoisotopic (exact) mass is 573 g/mol. The summed E-state index contributed by atoms with van der Waals surface area (Å²) in [6.45, 7) is 0. The van der Waals surface area contributed by atoms with E-state index in [1.54, 1.807) is 6.07 Å². The van der Waals surface area contributed by atoms with Gasteiger partial charge in [-0.1, -0.05) is 11.6 Å². The number of carbonyl (C=O) groups excluding carboxylic acids is 2. The van der Waals surface area contributed by atoms with E-state index in [9.17, 15) is 19.2 Å². The highest BCUT2D eigenvalue weighted by Crippen LogP contribution is 2.65. The van der Waals surface area contributed by atoms with Crippen LogP contribution in [0.25, 0.3) is 0 Å². The van der Waals surface area contributed by atoms with Gasteiger partial charge in [-0.2, -0.15) is 5.26 Å². The lowest BCUT2D eigenvalue weighted by molar-refractivity contribution is -0.117. The summed E-state index contributed by atoms with van der Waals surface area (Å²) in [4.78, 5) is 25.5. The molecular weight excluding hydrogens is 560 g/mol. The molecule has 2 N–H and O–H groups in total. The number of halogens is 5. The Labute approximate surface area is 212 Å². The van der Waals surface area contributed by atoms with Crippen LogP contribution in [0, 0.1) is 23.1 Å². The van der Waals surface area contributed by atoms with Crippen molar-refractivity contribution in [3.05, 3.63) is 56.8 Å². The minimum atomic E-state index is -1.44. The fourth-order valence-corrected chi connectivity index (χ4v) is 5.34. The van der Waals surface area contributed by atoms with E-state index in [-0.39, 0.29) is 16.3 Å². The van der Waals surface area contributed by atoms with Crippen LogP contribution < -0.4 is 15.4 Å². The molecule has 0 spiro atoms. The molecule has 2 aromatic rings. The molecule has 0 aromatic heterocycles. The quantitative estimate of drug-likeness (QED) is 0.441. The Kier molecular flexibility index (Phi) is 6.29. The largest absolute Gasteiger partial charge is 0.492 e. The van der Waals surface area contributed by atoms with Crippen LogP contribution in [0.1, 0.15) is 34.7 Å². The molecule has 0 heterocycles. The number of hydrogen-bond donors (Lipinski definition) is 2. The van der Waals surface area contributed by atoms with E-state index in [4.69, 9.17) is 39.5 Å². The number of carbonyl (C=O) groups is 2. The summed E-state index contributed by atoms with van der Waals surface area (Å²) in [5.41, 5.74) is -0.00638. The molecule has 2 aromatic carbocycles. The van der Waals surface area contributed by atoms with Gasteiger partial charge in [-0.3, -0.25) is 9.59 Å². The van der Waals surface area contributed by atoms with Crippen molar-refractivity contribution in [2.45, 2.75) is 28.6 Å². The molecule has 2 aliphatic carbocycles. The fraction of sp³-hybridized carbons (Fsp3) is 0.318. The first kappa shape index (κ1) is 24.1. The predicted molar refractivity (Wildman–Crippen MR) is 126 cm³/mol. The predicted octanol–water partition coefficient (Wildman–Crippen LogP) is 5.56. The number of rotatable bonds is 6. The highest BCUT2D eigenvalue weighted by atomic mass is 79.9. The van der Waals surface area contributed by atoms with E-state index in [1.807, 2.05) is 0 Å². The summed E-state index contributed by atoms with van der Waals surface area (Å²) in [5.74, 6) is -3.11. The second-order valence-electron chi connectivity index (χ2n) is 7.98. The average Bonchev–Trinajstić information content (AvgIpc) is 3.64. The number of anilines is 1. The number of benzene rings is 2. The fourth-order valence-electron chi connectivity index (χ4n) is 3.69. The molecule has 172 valence electrons. The van der Waals surface area contributed by atoms with Crippen LogP contribution in [0.15, 0.2) is 34.8 Å². The Hall–Kier alpha value is -2.05. The second kappa shape index (κ2) is 8.62. The molecule has 2 fully saturated rings. The number of nitrogens with one attached hydrogen (secondary N) is 2. The molecular formula is C22H16BrCl3FN3O3. The number of ether oxygens (including phenoxy) is 1. The Morgan fingerprint density at radius 2 is 1.97 bits per heavy atom. The standard InChI is InChI=1S/C22H16BrCl3FN3O3/c1-33-18-13(23)6-10(7-15(18)27)16-17(22(16,25)26)20(32)29-11-2-3-14(24)12(8-11)19(31)30-21(9-28)4-5-21/h2-3,6-8,16-17H,4-5H2,1H3,(H,29,32)(H,30,31)/t16-,17+/m0/s1. The first-order valence-corrected chi connectivity index (χ1v) is 11.7. The van der Waals surface area contributed by atoms with E-state index < -0.39 is 39.3 Å². The molecule has 0 saturated heterocycles. The minimum absolute atomic E-state index is 0.0338. The topological polar surface area (TPSA) is 91.2 Å². The number of nitriles is 1. The lowest BCUT2D eigenvalue weighted by atomic mass is 10.1. The number of hydrogen-bond acceptors (Lipinski definition) is 4. The van der Waals surface area contributed by atoms with Crippen molar-refractivity contribution < 1.29 is 18.7 Å². The van der Waals surface area contributed by atoms with E-state index in [0.717, 1.165) is 0 Å². The van der Waals surface area contributed by atoms with Gasteiger partial charge in [-0.05, 0) is 64.7 Å². The van der Waals surface area contributed by atoms with Crippen molar-refractivity contribution >= 4 is 68.2 Å². The molecule has 11 heteroatoms. The maximum atomic E-state index is 14.3. The Morgan fingerprint density at radius 3 is 2.55 bits per heavy atom. The summed E-state index contributed by atoms with van der Waals surface area (Å²) >= 11 is 22.1. The van der Waals surface area contributed by atoms with Gasteiger partial charge in [0.05, 0.1) is 34.2 Å². The van der Waals surface area contributed by atoms with Gasteiger partial charge in [-0.25, -0.2) is 4.39 Å². The van der Waals surface area contributed by atoms with E-state index in [1.165, 1.54) is 31.4 Å². The van der Waals surface area contributed by atoms with Crippen molar-refractivity contribution in [2.24, 2.45) is 5.92 Å². The Balaban J connectivity index is 1.52. The molecule has 2 amide bonds. The van der Waals surface area contributed by atoms with Crippen LogP contribution in [0.5, 0.6) is 5.75 Å². The molecule has 6 nitrogen and oxygen atoms in total. The SMILES string of the molecule is COc1c(F)cc([C@H]2[C@H](C(=O)Nc3ccc(Cl)c(C(=O)NC4(C#N)CC4)c3)C2(Cl)Cl)cc1Br. The normalized spacial score (nSPS) is 21.5. The zero-order valence-corrected chi connectivity index (χ0v) is 20.9. The molecule has 0 radical (unpaired) electrons. The van der Waals surface area contributed by atoms with Crippen LogP contribution in [-0.2, 0) is 4.79 Å². The van der Waals surface area contributed by atoms with Crippen molar-refractivity contribution in [3.63, 3.8) is 0 Å².